The van der Waals surface area contributed by atoms with Crippen molar-refractivity contribution in [2.75, 3.05) is 19.6 Å². The lowest BCUT2D eigenvalue weighted by Crippen LogP contribution is -2.31. The number of likely N-dealkylation sites (tertiary alicyclic amines) is 1. The Morgan fingerprint density at radius 2 is 2.00 bits per heavy atom. The minimum absolute atomic E-state index is 0.0760. The highest BCUT2D eigenvalue weighted by atomic mass is 16.5. The van der Waals surface area contributed by atoms with Gasteiger partial charge in [0.25, 0.3) is 11.1 Å². The van der Waals surface area contributed by atoms with Gasteiger partial charge in [-0.05, 0) is 12.8 Å². The molecule has 3 aromatic rings. The summed E-state index contributed by atoms with van der Waals surface area (Å²) in [5.74, 6) is 0.0312. The van der Waals surface area contributed by atoms with Gasteiger partial charge in [-0.15, -0.1) is 0 Å². The van der Waals surface area contributed by atoms with Gasteiger partial charge in [-0.1, -0.05) is 35.5 Å². The Labute approximate surface area is 172 Å². The van der Waals surface area contributed by atoms with Crippen LogP contribution in [0.2, 0.25) is 0 Å². The van der Waals surface area contributed by atoms with Gasteiger partial charge in [-0.3, -0.25) is 19.0 Å². The van der Waals surface area contributed by atoms with Crippen molar-refractivity contribution < 1.29 is 14.1 Å². The topological polar surface area (TPSA) is 110 Å². The largest absolute Gasteiger partial charge is 0.356 e. The molecule has 0 saturated carbocycles. The highest BCUT2D eigenvalue weighted by molar-refractivity contribution is 5.87. The maximum atomic E-state index is 12.6. The fourth-order valence-corrected chi connectivity index (χ4v) is 3.55. The standard InChI is InChI=1S/C21H23N5O4/c27-16(22-10-5-12-25-11-4-8-17(25)28)9-13-26-14-23-19-18(15-6-2-1-3-7-15)24-30-20(19)21(26)29/h1-3,6-7,14H,4-5,8-13H2,(H,22,27). The van der Waals surface area contributed by atoms with Crippen molar-refractivity contribution in [3.8, 4) is 11.3 Å². The second kappa shape index (κ2) is 8.89. The summed E-state index contributed by atoms with van der Waals surface area (Å²) in [6, 6.07) is 9.38. The third kappa shape index (κ3) is 4.24. The Kier molecular flexibility index (Phi) is 5.87. The van der Waals surface area contributed by atoms with Crippen LogP contribution in [0.15, 0.2) is 46.0 Å². The van der Waals surface area contributed by atoms with Gasteiger partial charge in [0.15, 0.2) is 0 Å². The number of rotatable bonds is 8. The molecule has 0 aliphatic carbocycles. The van der Waals surface area contributed by atoms with Crippen molar-refractivity contribution in [2.24, 2.45) is 0 Å². The van der Waals surface area contributed by atoms with Crippen molar-refractivity contribution in [2.45, 2.75) is 32.2 Å². The number of hydrogen-bond donors (Lipinski definition) is 1. The number of benzene rings is 1. The Morgan fingerprint density at radius 1 is 1.17 bits per heavy atom. The van der Waals surface area contributed by atoms with E-state index in [4.69, 9.17) is 4.52 Å². The first kappa shape index (κ1) is 19.8. The molecular formula is C21H23N5O4. The summed E-state index contributed by atoms with van der Waals surface area (Å²) < 4.78 is 6.59. The maximum absolute atomic E-state index is 12.6. The second-order valence-corrected chi connectivity index (χ2v) is 7.26. The lowest BCUT2D eigenvalue weighted by molar-refractivity contribution is -0.127. The molecule has 2 amide bonds. The van der Waals surface area contributed by atoms with Crippen LogP contribution in [0.5, 0.6) is 0 Å². The predicted octanol–water partition coefficient (Wildman–Crippen LogP) is 1.57. The highest BCUT2D eigenvalue weighted by Gasteiger charge is 2.19. The van der Waals surface area contributed by atoms with Gasteiger partial charge in [0.05, 0.1) is 6.33 Å². The van der Waals surface area contributed by atoms with Crippen LogP contribution >= 0.6 is 0 Å². The summed E-state index contributed by atoms with van der Waals surface area (Å²) in [5, 5.41) is 6.82. The van der Waals surface area contributed by atoms with Gasteiger partial charge in [-0.25, -0.2) is 4.98 Å². The van der Waals surface area contributed by atoms with Crippen LogP contribution in [0, 0.1) is 0 Å². The first-order chi connectivity index (χ1) is 14.6. The fourth-order valence-electron chi connectivity index (χ4n) is 3.55. The molecule has 156 valence electrons. The van der Waals surface area contributed by atoms with E-state index in [1.54, 1.807) is 0 Å². The summed E-state index contributed by atoms with van der Waals surface area (Å²) in [6.45, 7) is 2.16. The van der Waals surface area contributed by atoms with Crippen LogP contribution in [0.3, 0.4) is 0 Å². The van der Waals surface area contributed by atoms with Crippen molar-refractivity contribution in [1.29, 1.82) is 0 Å². The summed E-state index contributed by atoms with van der Waals surface area (Å²) >= 11 is 0. The molecule has 1 aromatic carbocycles. The lowest BCUT2D eigenvalue weighted by Gasteiger charge is -2.15. The number of carbonyl (C=O) groups is 2. The molecule has 1 N–H and O–H groups in total. The number of nitrogens with one attached hydrogen (secondary N) is 1. The molecule has 0 atom stereocenters. The first-order valence-electron chi connectivity index (χ1n) is 10.1. The summed E-state index contributed by atoms with van der Waals surface area (Å²) in [4.78, 5) is 42.4. The maximum Gasteiger partial charge on any atom is 0.299 e. The number of aromatic nitrogens is 3. The molecule has 0 spiro atoms. The molecule has 9 heteroatoms. The molecule has 0 bridgehead atoms. The average molecular weight is 409 g/mol. The molecule has 30 heavy (non-hydrogen) atoms. The Balaban J connectivity index is 1.32. The van der Waals surface area contributed by atoms with Crippen molar-refractivity contribution in [3.63, 3.8) is 0 Å². The molecule has 9 nitrogen and oxygen atoms in total. The highest BCUT2D eigenvalue weighted by Crippen LogP contribution is 2.23. The quantitative estimate of drug-likeness (QED) is 0.566. The van der Waals surface area contributed by atoms with E-state index in [9.17, 15) is 14.4 Å². The van der Waals surface area contributed by atoms with Gasteiger partial charge in [-0.2, -0.15) is 0 Å². The van der Waals surface area contributed by atoms with Gasteiger partial charge in [0.2, 0.25) is 11.8 Å². The Morgan fingerprint density at radius 3 is 2.77 bits per heavy atom. The molecule has 0 unspecified atom stereocenters. The number of amides is 2. The summed E-state index contributed by atoms with van der Waals surface area (Å²) in [6.07, 6.45) is 3.81. The molecule has 1 fully saturated rings. The van der Waals surface area contributed by atoms with Gasteiger partial charge in [0.1, 0.15) is 11.2 Å². The van der Waals surface area contributed by atoms with E-state index in [1.807, 2.05) is 35.2 Å². The number of hydrogen-bond acceptors (Lipinski definition) is 6. The van der Waals surface area contributed by atoms with Crippen LogP contribution in [-0.4, -0.2) is 51.1 Å². The molecule has 1 saturated heterocycles. The van der Waals surface area contributed by atoms with E-state index in [0.29, 0.717) is 37.1 Å². The number of aryl methyl sites for hydroxylation is 1. The van der Waals surface area contributed by atoms with E-state index in [1.165, 1.54) is 10.9 Å². The van der Waals surface area contributed by atoms with Crippen molar-refractivity contribution in [1.82, 2.24) is 24.9 Å². The molecule has 4 rings (SSSR count). The van der Waals surface area contributed by atoms with Gasteiger partial charge >= 0.3 is 0 Å². The number of carbonyl (C=O) groups excluding carboxylic acids is 2. The summed E-state index contributed by atoms with van der Waals surface area (Å²) in [7, 11) is 0. The molecule has 3 heterocycles. The van der Waals surface area contributed by atoms with E-state index >= 15 is 0 Å². The number of nitrogens with zero attached hydrogens (tertiary/aromatic N) is 4. The van der Waals surface area contributed by atoms with E-state index in [-0.39, 0.29) is 35.9 Å². The molecular weight excluding hydrogens is 386 g/mol. The molecule has 1 aliphatic rings. The third-order valence-electron chi connectivity index (χ3n) is 5.17. The zero-order valence-corrected chi connectivity index (χ0v) is 16.5. The van der Waals surface area contributed by atoms with Crippen LogP contribution < -0.4 is 10.9 Å². The van der Waals surface area contributed by atoms with Gasteiger partial charge in [0, 0.05) is 44.6 Å². The fraction of sp³-hybridized carbons (Fsp3) is 0.381. The predicted molar refractivity (Wildman–Crippen MR) is 110 cm³/mol. The van der Waals surface area contributed by atoms with Crippen LogP contribution in [0.25, 0.3) is 22.4 Å². The van der Waals surface area contributed by atoms with E-state index < -0.39 is 0 Å². The Bertz CT molecular complexity index is 1110. The smallest absolute Gasteiger partial charge is 0.299 e. The van der Waals surface area contributed by atoms with Crippen LogP contribution in [-0.2, 0) is 16.1 Å². The van der Waals surface area contributed by atoms with E-state index in [2.05, 4.69) is 15.5 Å². The zero-order valence-electron chi connectivity index (χ0n) is 16.5. The SMILES string of the molecule is O=C(CCn1cnc2c(-c3ccccc3)noc2c1=O)NCCCN1CCCC1=O. The van der Waals surface area contributed by atoms with Gasteiger partial charge < -0.3 is 14.7 Å². The lowest BCUT2D eigenvalue weighted by atomic mass is 10.1. The first-order valence-corrected chi connectivity index (χ1v) is 10.1. The minimum atomic E-state index is -0.366. The minimum Gasteiger partial charge on any atom is -0.356 e. The second-order valence-electron chi connectivity index (χ2n) is 7.26. The molecule has 2 aromatic heterocycles. The third-order valence-corrected chi connectivity index (χ3v) is 5.17. The van der Waals surface area contributed by atoms with Crippen LogP contribution in [0.1, 0.15) is 25.7 Å². The van der Waals surface area contributed by atoms with E-state index in [0.717, 1.165) is 18.5 Å². The summed E-state index contributed by atoms with van der Waals surface area (Å²) in [5.41, 5.74) is 1.45. The van der Waals surface area contributed by atoms with Crippen molar-refractivity contribution in [3.05, 3.63) is 47.0 Å². The zero-order chi connectivity index (χ0) is 20.9. The molecule has 0 radical (unpaired) electrons. The average Bonchev–Trinajstić information content (AvgIpc) is 3.38. The molecule has 1 aliphatic heterocycles. The monoisotopic (exact) mass is 409 g/mol. The van der Waals surface area contributed by atoms with Crippen LogP contribution in [0.4, 0.5) is 0 Å². The normalized spacial score (nSPS) is 13.9. The Hall–Kier alpha value is -3.49. The van der Waals surface area contributed by atoms with Crippen molar-refractivity contribution >= 4 is 22.9 Å². The number of fused-ring (bicyclic) bond motifs is 1.